The highest BCUT2D eigenvalue weighted by molar-refractivity contribution is 7.99. The minimum atomic E-state index is -0.889. The average Bonchev–Trinajstić information content (AvgIpc) is 2.52. The van der Waals surface area contributed by atoms with Crippen LogP contribution in [0.15, 0.2) is 30.3 Å². The Morgan fingerprint density at radius 1 is 1.36 bits per heavy atom. The van der Waals surface area contributed by atoms with Crippen LogP contribution >= 0.6 is 11.8 Å². The van der Waals surface area contributed by atoms with Crippen LogP contribution in [-0.4, -0.2) is 39.7 Å². The molecule has 1 amide bonds. The highest BCUT2D eigenvalue weighted by Gasteiger charge is 2.36. The Morgan fingerprint density at radius 2 is 2.05 bits per heavy atom. The summed E-state index contributed by atoms with van der Waals surface area (Å²) in [7, 11) is 0. The number of hydrogen-bond acceptors (Lipinski definition) is 3. The molecule has 1 aromatic rings. The SMILES string of the molecule is CC1CCN(C(=O)C(C)SCc2ccccc2)C(C(=O)O)C1. The van der Waals surface area contributed by atoms with Crippen LogP contribution in [0.2, 0.25) is 0 Å². The summed E-state index contributed by atoms with van der Waals surface area (Å²) in [4.78, 5) is 25.6. The van der Waals surface area contributed by atoms with Gasteiger partial charge in [-0.3, -0.25) is 4.79 Å². The topological polar surface area (TPSA) is 57.6 Å². The zero-order valence-electron chi connectivity index (χ0n) is 13.1. The third-order valence-corrected chi connectivity index (χ3v) is 5.33. The molecule has 4 nitrogen and oxygen atoms in total. The molecule has 0 radical (unpaired) electrons. The number of hydrogen-bond donors (Lipinski definition) is 1. The van der Waals surface area contributed by atoms with Crippen molar-refractivity contribution >= 4 is 23.6 Å². The van der Waals surface area contributed by atoms with E-state index in [1.54, 1.807) is 16.7 Å². The molecule has 0 aliphatic carbocycles. The first-order valence-corrected chi connectivity index (χ1v) is 8.72. The number of carboxylic acids is 1. The number of piperidine rings is 1. The fourth-order valence-electron chi connectivity index (χ4n) is 2.74. The highest BCUT2D eigenvalue weighted by atomic mass is 32.2. The Balaban J connectivity index is 1.95. The molecule has 3 atom stereocenters. The molecule has 1 aliphatic rings. The van der Waals surface area contributed by atoms with Crippen LogP contribution in [0.5, 0.6) is 0 Å². The number of carboxylic acid groups (broad SMARTS) is 1. The van der Waals surface area contributed by atoms with Gasteiger partial charge in [0, 0.05) is 12.3 Å². The molecular weight excluding hydrogens is 298 g/mol. The van der Waals surface area contributed by atoms with Gasteiger partial charge < -0.3 is 10.0 Å². The normalized spacial score (nSPS) is 23.1. The van der Waals surface area contributed by atoms with Crippen molar-refractivity contribution in [3.8, 4) is 0 Å². The van der Waals surface area contributed by atoms with Crippen molar-refractivity contribution < 1.29 is 14.7 Å². The minimum absolute atomic E-state index is 0.0553. The fourth-order valence-corrected chi connectivity index (χ4v) is 3.65. The van der Waals surface area contributed by atoms with Crippen LogP contribution in [0, 0.1) is 5.92 Å². The van der Waals surface area contributed by atoms with Crippen molar-refractivity contribution in [2.45, 2.75) is 43.7 Å². The summed E-state index contributed by atoms with van der Waals surface area (Å²) < 4.78 is 0. The zero-order chi connectivity index (χ0) is 16.1. The van der Waals surface area contributed by atoms with Gasteiger partial charge >= 0.3 is 5.97 Å². The van der Waals surface area contributed by atoms with Crippen LogP contribution < -0.4 is 0 Å². The molecule has 0 bridgehead atoms. The monoisotopic (exact) mass is 321 g/mol. The first kappa shape index (κ1) is 16.9. The fraction of sp³-hybridized carbons (Fsp3) is 0.529. The largest absolute Gasteiger partial charge is 0.480 e. The van der Waals surface area contributed by atoms with Gasteiger partial charge in [-0.15, -0.1) is 11.8 Å². The molecule has 5 heteroatoms. The Bertz CT molecular complexity index is 520. The van der Waals surface area contributed by atoms with Gasteiger partial charge in [0.15, 0.2) is 0 Å². The second-order valence-electron chi connectivity index (χ2n) is 5.95. The molecule has 3 unspecified atom stereocenters. The Kier molecular flexibility index (Phi) is 5.89. The molecular formula is C17H23NO3S. The molecule has 120 valence electrons. The van der Waals surface area contributed by atoms with Gasteiger partial charge in [-0.1, -0.05) is 37.3 Å². The third-order valence-electron chi connectivity index (χ3n) is 4.12. The van der Waals surface area contributed by atoms with E-state index in [1.165, 1.54) is 5.56 Å². The highest BCUT2D eigenvalue weighted by Crippen LogP contribution is 2.26. The van der Waals surface area contributed by atoms with E-state index in [9.17, 15) is 14.7 Å². The molecule has 1 aliphatic heterocycles. The molecule has 1 N–H and O–H groups in total. The molecule has 0 spiro atoms. The molecule has 0 saturated carbocycles. The summed E-state index contributed by atoms with van der Waals surface area (Å²) >= 11 is 1.56. The lowest BCUT2D eigenvalue weighted by Crippen LogP contribution is -2.52. The van der Waals surface area contributed by atoms with Gasteiger partial charge in [-0.25, -0.2) is 4.79 Å². The molecule has 1 fully saturated rings. The molecule has 0 aromatic heterocycles. The van der Waals surface area contributed by atoms with Crippen molar-refractivity contribution in [1.82, 2.24) is 4.90 Å². The predicted octanol–water partition coefficient (Wildman–Crippen LogP) is 3.02. The zero-order valence-corrected chi connectivity index (χ0v) is 13.9. The van der Waals surface area contributed by atoms with Crippen molar-refractivity contribution in [1.29, 1.82) is 0 Å². The standard InChI is InChI=1S/C17H23NO3S/c1-12-8-9-18(15(10-12)17(20)21)16(19)13(2)22-11-14-6-4-3-5-7-14/h3-7,12-13,15H,8-11H2,1-2H3,(H,20,21). The van der Waals surface area contributed by atoms with Crippen LogP contribution in [0.1, 0.15) is 32.3 Å². The second-order valence-corrected chi connectivity index (χ2v) is 7.28. The molecule has 22 heavy (non-hydrogen) atoms. The van der Waals surface area contributed by atoms with Gasteiger partial charge in [-0.05, 0) is 31.2 Å². The van der Waals surface area contributed by atoms with E-state index in [4.69, 9.17) is 0 Å². The van der Waals surface area contributed by atoms with Gasteiger partial charge in [0.05, 0.1) is 5.25 Å². The molecule has 1 saturated heterocycles. The lowest BCUT2D eigenvalue weighted by atomic mass is 9.92. The van der Waals surface area contributed by atoms with Gasteiger partial charge in [0.2, 0.25) is 5.91 Å². The Hall–Kier alpha value is -1.49. The minimum Gasteiger partial charge on any atom is -0.480 e. The maximum Gasteiger partial charge on any atom is 0.326 e. The molecule has 2 rings (SSSR count). The number of carbonyl (C=O) groups is 2. The van der Waals surface area contributed by atoms with E-state index in [1.807, 2.05) is 44.2 Å². The average molecular weight is 321 g/mol. The van der Waals surface area contributed by atoms with Crippen molar-refractivity contribution in [3.63, 3.8) is 0 Å². The lowest BCUT2D eigenvalue weighted by Gasteiger charge is -2.37. The number of carbonyl (C=O) groups excluding carboxylic acids is 1. The van der Waals surface area contributed by atoms with Gasteiger partial charge in [-0.2, -0.15) is 0 Å². The van der Waals surface area contributed by atoms with E-state index in [0.717, 1.165) is 12.2 Å². The maximum atomic E-state index is 12.6. The second kappa shape index (κ2) is 7.68. The molecule has 1 aromatic carbocycles. The number of aliphatic carboxylic acids is 1. The summed E-state index contributed by atoms with van der Waals surface area (Å²) in [5, 5.41) is 9.14. The maximum absolute atomic E-state index is 12.6. The number of benzene rings is 1. The van der Waals surface area contributed by atoms with Crippen molar-refractivity contribution in [3.05, 3.63) is 35.9 Å². The van der Waals surface area contributed by atoms with Crippen LogP contribution in [0.4, 0.5) is 0 Å². The van der Waals surface area contributed by atoms with Crippen LogP contribution in [0.3, 0.4) is 0 Å². The van der Waals surface area contributed by atoms with Crippen LogP contribution in [-0.2, 0) is 15.3 Å². The Morgan fingerprint density at radius 3 is 2.68 bits per heavy atom. The molecule has 1 heterocycles. The quantitative estimate of drug-likeness (QED) is 0.905. The number of rotatable bonds is 5. The smallest absolute Gasteiger partial charge is 0.326 e. The van der Waals surface area contributed by atoms with Gasteiger partial charge in [0.25, 0.3) is 0 Å². The Labute approximate surface area is 135 Å². The summed E-state index contributed by atoms with van der Waals surface area (Å²) in [6.45, 7) is 4.46. The van der Waals surface area contributed by atoms with E-state index in [2.05, 4.69) is 0 Å². The number of nitrogens with zero attached hydrogens (tertiary/aromatic N) is 1. The summed E-state index contributed by atoms with van der Waals surface area (Å²) in [5.74, 6) is 0.174. The summed E-state index contributed by atoms with van der Waals surface area (Å²) in [6, 6.07) is 9.33. The number of thioether (sulfide) groups is 1. The third kappa shape index (κ3) is 4.26. The van der Waals surface area contributed by atoms with Crippen molar-refractivity contribution in [2.75, 3.05) is 6.54 Å². The van der Waals surface area contributed by atoms with E-state index in [0.29, 0.717) is 18.9 Å². The number of likely N-dealkylation sites (tertiary alicyclic amines) is 1. The van der Waals surface area contributed by atoms with Crippen molar-refractivity contribution in [2.24, 2.45) is 5.92 Å². The summed E-state index contributed by atoms with van der Waals surface area (Å²) in [6.07, 6.45) is 1.43. The first-order chi connectivity index (χ1) is 10.5. The first-order valence-electron chi connectivity index (χ1n) is 7.68. The summed E-state index contributed by atoms with van der Waals surface area (Å²) in [5.41, 5.74) is 1.18. The lowest BCUT2D eigenvalue weighted by molar-refractivity contribution is -0.152. The van der Waals surface area contributed by atoms with Crippen LogP contribution in [0.25, 0.3) is 0 Å². The van der Waals surface area contributed by atoms with E-state index in [-0.39, 0.29) is 11.2 Å². The number of amides is 1. The van der Waals surface area contributed by atoms with Gasteiger partial charge in [0.1, 0.15) is 6.04 Å². The predicted molar refractivity (Wildman–Crippen MR) is 88.7 cm³/mol. The van der Waals surface area contributed by atoms with E-state index >= 15 is 0 Å². The van der Waals surface area contributed by atoms with E-state index < -0.39 is 12.0 Å².